The molecular formula is C18H22BN2+. The van der Waals surface area contributed by atoms with Crippen molar-refractivity contribution in [3.8, 4) is 11.4 Å². The largest absolute Gasteiger partial charge is 0.553 e. The van der Waals surface area contributed by atoms with Crippen LogP contribution in [0.3, 0.4) is 0 Å². The second-order valence-corrected chi connectivity index (χ2v) is 7.27. The Bertz CT molecular complexity index is 642. The van der Waals surface area contributed by atoms with Gasteiger partial charge in [0.15, 0.2) is 0 Å². The van der Waals surface area contributed by atoms with Crippen LogP contribution >= 0.6 is 0 Å². The molecule has 3 heteroatoms. The third kappa shape index (κ3) is 1.35. The number of hydrogen-bond donors (Lipinski definition) is 0. The molecule has 2 saturated heterocycles. The van der Waals surface area contributed by atoms with Gasteiger partial charge >= 0.3 is 6.42 Å². The summed E-state index contributed by atoms with van der Waals surface area (Å²) < 4.78 is 5.37. The van der Waals surface area contributed by atoms with Crippen LogP contribution < -0.4 is 8.96 Å². The third-order valence-corrected chi connectivity index (χ3v) is 6.62. The van der Waals surface area contributed by atoms with Crippen LogP contribution in [0.1, 0.15) is 38.5 Å². The predicted octanol–water partition coefficient (Wildman–Crippen LogP) is 3.19. The van der Waals surface area contributed by atoms with Gasteiger partial charge in [-0.1, -0.05) is 38.5 Å². The van der Waals surface area contributed by atoms with Gasteiger partial charge in [-0.05, 0) is 35.9 Å². The third-order valence-electron chi connectivity index (χ3n) is 6.62. The van der Waals surface area contributed by atoms with Gasteiger partial charge in [0.05, 0.1) is 0 Å². The van der Waals surface area contributed by atoms with E-state index in [1.165, 1.54) is 49.9 Å². The maximum atomic E-state index is 2.68. The molecule has 2 bridgehead atoms. The molecule has 2 aromatic rings. The minimum atomic E-state index is -0.652. The zero-order chi connectivity index (χ0) is 13.9. The molecule has 0 radical (unpaired) electrons. The quantitative estimate of drug-likeness (QED) is 0.653. The molecular weight excluding hydrogens is 255 g/mol. The van der Waals surface area contributed by atoms with E-state index in [1.807, 2.05) is 0 Å². The first-order chi connectivity index (χ1) is 10.4. The van der Waals surface area contributed by atoms with E-state index < -0.39 is 6.42 Å². The first kappa shape index (κ1) is 12.0. The van der Waals surface area contributed by atoms with E-state index >= 15 is 0 Å². The van der Waals surface area contributed by atoms with Crippen molar-refractivity contribution in [2.24, 2.45) is 0 Å². The van der Waals surface area contributed by atoms with Gasteiger partial charge in [0.1, 0.15) is 12.4 Å². The summed E-state index contributed by atoms with van der Waals surface area (Å²) in [6.07, 6.45) is 12.6. The lowest BCUT2D eigenvalue weighted by Crippen LogP contribution is -2.83. The maximum absolute atomic E-state index is 2.68. The van der Waals surface area contributed by atoms with Gasteiger partial charge in [-0.25, -0.2) is 0 Å². The smallest absolute Gasteiger partial charge is 0.349 e. The molecule has 2 aromatic heterocycles. The van der Waals surface area contributed by atoms with Gasteiger partial charge in [0, 0.05) is 12.1 Å². The second-order valence-electron chi connectivity index (χ2n) is 7.27. The standard InChI is InChI=1S/C18H22BN2/c1-3-13-20-17(11-1)18-12-2-4-14-21(18)19(20)15-7-5-8-16(19)10-6-9-15/h1-4,11-16H,5-10H2/q+1. The monoisotopic (exact) mass is 277 g/mol. The molecule has 0 amide bonds. The number of pyridine rings is 2. The van der Waals surface area contributed by atoms with E-state index in [2.05, 4.69) is 57.7 Å². The lowest BCUT2D eigenvalue weighted by atomic mass is 9.24. The minimum absolute atomic E-state index is 0.652. The molecule has 0 N–H and O–H groups in total. The van der Waals surface area contributed by atoms with Crippen LogP contribution in [0.25, 0.3) is 11.4 Å². The zero-order valence-corrected chi connectivity index (χ0v) is 12.5. The highest BCUT2D eigenvalue weighted by Crippen LogP contribution is 2.51. The first-order valence-electron chi connectivity index (χ1n) is 8.61. The molecule has 1 spiro atoms. The average molecular weight is 277 g/mol. The van der Waals surface area contributed by atoms with E-state index in [4.69, 9.17) is 0 Å². The van der Waals surface area contributed by atoms with Crippen LogP contribution in [0, 0.1) is 0 Å². The fraction of sp³-hybridized carbons (Fsp3) is 0.444. The van der Waals surface area contributed by atoms with Crippen LogP contribution in [-0.4, -0.2) is 6.42 Å². The molecule has 3 aliphatic heterocycles. The number of nitrogens with zero attached hydrogens (tertiary/aromatic N) is 2. The Hall–Kier alpha value is -1.64. The van der Waals surface area contributed by atoms with Crippen LogP contribution in [0.2, 0.25) is 11.6 Å². The Morgan fingerprint density at radius 2 is 1.19 bits per heavy atom. The van der Waals surface area contributed by atoms with Gasteiger partial charge in [-0.3, -0.25) is 0 Å². The normalized spacial score (nSPS) is 28.2. The molecule has 0 unspecified atom stereocenters. The van der Waals surface area contributed by atoms with Crippen molar-refractivity contribution in [1.29, 1.82) is 0 Å². The molecule has 5 heterocycles. The lowest BCUT2D eigenvalue weighted by molar-refractivity contribution is -0.653. The number of rotatable bonds is 0. The summed E-state index contributed by atoms with van der Waals surface area (Å²) >= 11 is 0. The van der Waals surface area contributed by atoms with E-state index in [0.29, 0.717) is 0 Å². The van der Waals surface area contributed by atoms with Gasteiger partial charge in [0.2, 0.25) is 11.4 Å². The summed E-state index contributed by atoms with van der Waals surface area (Å²) in [5, 5.41) is 0. The highest BCUT2D eigenvalue weighted by atomic mass is 15.2. The van der Waals surface area contributed by atoms with Gasteiger partial charge in [0.25, 0.3) is 0 Å². The lowest BCUT2D eigenvalue weighted by Gasteiger charge is -2.45. The molecule has 5 rings (SSSR count). The molecule has 2 nitrogen and oxygen atoms in total. The highest BCUT2D eigenvalue weighted by molar-refractivity contribution is 6.67. The molecule has 106 valence electrons. The summed E-state index contributed by atoms with van der Waals surface area (Å²) in [4.78, 5) is 0. The molecule has 3 aliphatic rings. The second kappa shape index (κ2) is 4.19. The van der Waals surface area contributed by atoms with E-state index in [1.54, 1.807) is 0 Å². The van der Waals surface area contributed by atoms with Crippen LogP contribution in [0.5, 0.6) is 0 Å². The molecule has 0 atom stereocenters. The number of fused-ring (bicyclic) bond motifs is 3. The van der Waals surface area contributed by atoms with Crippen molar-refractivity contribution in [1.82, 2.24) is 0 Å². The van der Waals surface area contributed by atoms with Gasteiger partial charge < -0.3 is 8.96 Å². The average Bonchev–Trinajstić information content (AvgIpc) is 2.80. The number of hydrogen-bond acceptors (Lipinski definition) is 0. The molecule has 0 aliphatic carbocycles. The summed E-state index contributed by atoms with van der Waals surface area (Å²) in [5.41, 5.74) is 2.86. The van der Waals surface area contributed by atoms with Crippen molar-refractivity contribution in [3.63, 3.8) is 0 Å². The highest BCUT2D eigenvalue weighted by Gasteiger charge is 2.68. The number of aromatic nitrogens is 2. The minimum Gasteiger partial charge on any atom is -0.349 e. The fourth-order valence-corrected chi connectivity index (χ4v) is 6.05. The van der Waals surface area contributed by atoms with E-state index in [0.717, 1.165) is 11.6 Å². The Morgan fingerprint density at radius 1 is 0.714 bits per heavy atom. The van der Waals surface area contributed by atoms with Crippen molar-refractivity contribution < 1.29 is 8.96 Å². The summed E-state index contributed by atoms with van der Waals surface area (Å²) in [6, 6.07) is 13.5. The first-order valence-corrected chi connectivity index (χ1v) is 8.61. The zero-order valence-electron chi connectivity index (χ0n) is 12.5. The van der Waals surface area contributed by atoms with E-state index in [9.17, 15) is 0 Å². The SMILES string of the molecule is c1cc[n+]2c(c1)-c1cccc[n+]1[B-]21C2CCCC1CCC2. The van der Waals surface area contributed by atoms with Crippen molar-refractivity contribution in [2.45, 2.75) is 50.2 Å². The van der Waals surface area contributed by atoms with Crippen LogP contribution in [0.4, 0.5) is 0 Å². The summed E-state index contributed by atoms with van der Waals surface area (Å²) in [6.45, 7) is 0. The Balaban J connectivity index is 1.87. The Kier molecular flexibility index (Phi) is 2.39. The molecule has 0 aromatic carbocycles. The predicted molar refractivity (Wildman–Crippen MR) is 84.0 cm³/mol. The van der Waals surface area contributed by atoms with Gasteiger partial charge in [-0.2, -0.15) is 0 Å². The Morgan fingerprint density at radius 3 is 1.67 bits per heavy atom. The topological polar surface area (TPSA) is 7.76 Å². The summed E-state index contributed by atoms with van der Waals surface area (Å²) in [5.74, 6) is 1.72. The van der Waals surface area contributed by atoms with Crippen molar-refractivity contribution in [2.75, 3.05) is 0 Å². The maximum Gasteiger partial charge on any atom is 0.553 e. The summed E-state index contributed by atoms with van der Waals surface area (Å²) in [7, 11) is 0. The van der Waals surface area contributed by atoms with Gasteiger partial charge in [-0.15, -0.1) is 0 Å². The van der Waals surface area contributed by atoms with Crippen molar-refractivity contribution in [3.05, 3.63) is 48.8 Å². The van der Waals surface area contributed by atoms with Crippen LogP contribution in [0.15, 0.2) is 48.8 Å². The van der Waals surface area contributed by atoms with Crippen molar-refractivity contribution >= 4 is 6.42 Å². The molecule has 21 heavy (non-hydrogen) atoms. The van der Waals surface area contributed by atoms with Crippen LogP contribution in [-0.2, 0) is 0 Å². The van der Waals surface area contributed by atoms with E-state index in [-0.39, 0.29) is 0 Å². The molecule has 0 saturated carbocycles. The Labute approximate surface area is 126 Å². The fourth-order valence-electron chi connectivity index (χ4n) is 6.05. The molecule has 2 fully saturated rings.